The molecule has 2 fully saturated rings. The van der Waals surface area contributed by atoms with Crippen LogP contribution in [0, 0.1) is 5.92 Å². The average Bonchev–Trinajstić information content (AvgIpc) is 2.70. The molecule has 1 aliphatic carbocycles. The number of nitrogens with zero attached hydrogens (tertiary/aromatic N) is 1. The van der Waals surface area contributed by atoms with Crippen LogP contribution in [-0.4, -0.2) is 50.0 Å². The van der Waals surface area contributed by atoms with E-state index in [-0.39, 0.29) is 35.4 Å². The van der Waals surface area contributed by atoms with Gasteiger partial charge in [0.2, 0.25) is 15.9 Å². The normalized spacial score (nSPS) is 26.4. The number of hydrogen-bond acceptors (Lipinski definition) is 5. The summed E-state index contributed by atoms with van der Waals surface area (Å²) in [6.45, 7) is 0.625. The number of piperidine rings is 1. The fraction of sp³-hybridized carbons (Fsp3) is 0.579. The van der Waals surface area contributed by atoms with E-state index in [1.807, 2.05) is 0 Å². The Bertz CT molecular complexity index is 791. The van der Waals surface area contributed by atoms with Crippen molar-refractivity contribution in [2.75, 3.05) is 13.1 Å². The highest BCUT2D eigenvalue weighted by atomic mass is 32.2. The highest BCUT2D eigenvalue weighted by Crippen LogP contribution is 2.25. The number of hydrogen-bond donors (Lipinski definition) is 2. The molecule has 0 aromatic heterocycles. The maximum Gasteiger partial charge on any atom is 0.404 e. The monoisotopic (exact) mass is 409 g/mol. The summed E-state index contributed by atoms with van der Waals surface area (Å²) in [5.74, 6) is -0.459. The molecule has 0 bridgehead atoms. The predicted octanol–water partition coefficient (Wildman–Crippen LogP) is 1.61. The fourth-order valence-corrected chi connectivity index (χ4v) is 5.47. The summed E-state index contributed by atoms with van der Waals surface area (Å²) in [6, 6.07) is 8.33. The van der Waals surface area contributed by atoms with Crippen molar-refractivity contribution in [2.45, 2.75) is 55.6 Å². The van der Waals surface area contributed by atoms with Crippen molar-refractivity contribution < 1.29 is 22.7 Å². The lowest BCUT2D eigenvalue weighted by Gasteiger charge is -2.33. The molecular formula is C19H27N3O5S. The third-order valence-corrected chi connectivity index (χ3v) is 7.32. The first-order valence-electron chi connectivity index (χ1n) is 9.68. The number of nitrogens with two attached hydrogens (primary N) is 1. The number of carbonyl (C=O) groups excluding carboxylic acids is 2. The molecular weight excluding hydrogens is 382 g/mol. The van der Waals surface area contributed by atoms with E-state index >= 15 is 0 Å². The molecule has 8 nitrogen and oxygen atoms in total. The summed E-state index contributed by atoms with van der Waals surface area (Å²) in [4.78, 5) is 23.8. The summed E-state index contributed by atoms with van der Waals surface area (Å²) in [6.07, 6.45) is 3.11. The van der Waals surface area contributed by atoms with Crippen LogP contribution in [0.15, 0.2) is 35.2 Å². The van der Waals surface area contributed by atoms with E-state index in [0.717, 1.165) is 0 Å². The van der Waals surface area contributed by atoms with Gasteiger partial charge in [-0.2, -0.15) is 4.31 Å². The average molecular weight is 410 g/mol. The lowest BCUT2D eigenvalue weighted by atomic mass is 9.91. The van der Waals surface area contributed by atoms with Crippen LogP contribution in [0.25, 0.3) is 0 Å². The molecule has 2 amide bonds. The molecule has 1 heterocycles. The van der Waals surface area contributed by atoms with Crippen molar-refractivity contribution in [3.8, 4) is 0 Å². The van der Waals surface area contributed by atoms with E-state index in [4.69, 9.17) is 10.5 Å². The lowest BCUT2D eigenvalue weighted by molar-refractivity contribution is -0.127. The minimum atomic E-state index is -3.59. The zero-order valence-electron chi connectivity index (χ0n) is 15.7. The van der Waals surface area contributed by atoms with Crippen molar-refractivity contribution in [1.29, 1.82) is 0 Å². The second-order valence-electron chi connectivity index (χ2n) is 7.43. The van der Waals surface area contributed by atoms with E-state index in [9.17, 15) is 18.0 Å². The molecule has 28 heavy (non-hydrogen) atoms. The molecule has 0 radical (unpaired) electrons. The van der Waals surface area contributed by atoms with Gasteiger partial charge in [0.25, 0.3) is 0 Å². The quantitative estimate of drug-likeness (QED) is 0.766. The summed E-state index contributed by atoms with van der Waals surface area (Å²) < 4.78 is 32.0. The number of rotatable bonds is 5. The first-order valence-corrected chi connectivity index (χ1v) is 11.1. The number of primary amides is 1. The van der Waals surface area contributed by atoms with Crippen LogP contribution in [0.4, 0.5) is 4.79 Å². The van der Waals surface area contributed by atoms with Gasteiger partial charge in [0.05, 0.1) is 10.8 Å². The smallest absolute Gasteiger partial charge is 0.404 e. The maximum absolute atomic E-state index is 12.8. The third-order valence-electron chi connectivity index (χ3n) is 5.44. The van der Waals surface area contributed by atoms with E-state index in [2.05, 4.69) is 5.32 Å². The van der Waals surface area contributed by atoms with Crippen LogP contribution in [0.5, 0.6) is 0 Å². The number of amides is 2. The van der Waals surface area contributed by atoms with Gasteiger partial charge in [-0.25, -0.2) is 13.2 Å². The van der Waals surface area contributed by atoms with Crippen molar-refractivity contribution in [3.05, 3.63) is 30.3 Å². The zero-order valence-corrected chi connectivity index (χ0v) is 16.6. The molecule has 0 spiro atoms. The van der Waals surface area contributed by atoms with Crippen LogP contribution < -0.4 is 11.1 Å². The Balaban J connectivity index is 1.54. The van der Waals surface area contributed by atoms with E-state index < -0.39 is 16.1 Å². The number of benzene rings is 1. The molecule has 0 unspecified atom stereocenters. The Labute approximate surface area is 165 Å². The van der Waals surface area contributed by atoms with Gasteiger partial charge in [-0.05, 0) is 50.7 Å². The molecule has 9 heteroatoms. The standard InChI is InChI=1S/C19H27N3O5S/c20-19(24)27-16-10-8-15(9-11-16)21-18(23)14-5-4-12-22(13-14)28(25,26)17-6-2-1-3-7-17/h1-3,6-7,14-16H,4-5,8-13H2,(H2,20,24)(H,21,23)/t14-,15?,16?/m0/s1. The van der Waals surface area contributed by atoms with E-state index in [0.29, 0.717) is 45.1 Å². The molecule has 2 aliphatic rings. The van der Waals surface area contributed by atoms with Crippen LogP contribution in [0.1, 0.15) is 38.5 Å². The molecule has 1 aromatic carbocycles. The van der Waals surface area contributed by atoms with Gasteiger partial charge in [0.15, 0.2) is 0 Å². The second-order valence-corrected chi connectivity index (χ2v) is 9.37. The van der Waals surface area contributed by atoms with Crippen LogP contribution in [0.2, 0.25) is 0 Å². The van der Waals surface area contributed by atoms with E-state index in [1.54, 1.807) is 30.3 Å². The van der Waals surface area contributed by atoms with Gasteiger partial charge in [0, 0.05) is 19.1 Å². The predicted molar refractivity (Wildman–Crippen MR) is 103 cm³/mol. The molecule has 1 saturated heterocycles. The van der Waals surface area contributed by atoms with Crippen LogP contribution in [0.3, 0.4) is 0 Å². The SMILES string of the molecule is NC(=O)OC1CCC(NC(=O)[C@H]2CCCN(S(=O)(=O)c3ccccc3)C2)CC1. The summed E-state index contributed by atoms with van der Waals surface area (Å²) in [5, 5.41) is 3.04. The molecule has 3 rings (SSSR count). The molecule has 3 N–H and O–H groups in total. The number of sulfonamides is 1. The Morgan fingerprint density at radius 3 is 2.39 bits per heavy atom. The maximum atomic E-state index is 12.8. The van der Waals surface area contributed by atoms with Gasteiger partial charge in [0.1, 0.15) is 6.10 Å². The van der Waals surface area contributed by atoms with Crippen molar-refractivity contribution >= 4 is 22.0 Å². The van der Waals surface area contributed by atoms with Gasteiger partial charge in [-0.3, -0.25) is 4.79 Å². The minimum absolute atomic E-state index is 0.0151. The van der Waals surface area contributed by atoms with Gasteiger partial charge in [-0.15, -0.1) is 0 Å². The Morgan fingerprint density at radius 2 is 1.75 bits per heavy atom. The molecule has 154 valence electrons. The van der Waals surface area contributed by atoms with Crippen molar-refractivity contribution in [2.24, 2.45) is 11.7 Å². The highest BCUT2D eigenvalue weighted by molar-refractivity contribution is 7.89. The molecule has 1 saturated carbocycles. The Kier molecular flexibility index (Phi) is 6.56. The van der Waals surface area contributed by atoms with Crippen molar-refractivity contribution in [1.82, 2.24) is 9.62 Å². The van der Waals surface area contributed by atoms with Gasteiger partial charge < -0.3 is 15.8 Å². The molecule has 1 aliphatic heterocycles. The number of carbonyl (C=O) groups is 2. The first kappa shape index (κ1) is 20.6. The summed E-state index contributed by atoms with van der Waals surface area (Å²) in [7, 11) is -3.59. The largest absolute Gasteiger partial charge is 0.446 e. The second kappa shape index (κ2) is 8.91. The van der Waals surface area contributed by atoms with Crippen molar-refractivity contribution in [3.63, 3.8) is 0 Å². The van der Waals surface area contributed by atoms with Gasteiger partial charge in [-0.1, -0.05) is 18.2 Å². The Morgan fingerprint density at radius 1 is 1.07 bits per heavy atom. The highest BCUT2D eigenvalue weighted by Gasteiger charge is 2.34. The van der Waals surface area contributed by atoms with Crippen LogP contribution in [-0.2, 0) is 19.6 Å². The van der Waals surface area contributed by atoms with Crippen LogP contribution >= 0.6 is 0 Å². The zero-order chi connectivity index (χ0) is 20.1. The topological polar surface area (TPSA) is 119 Å². The lowest BCUT2D eigenvalue weighted by Crippen LogP contribution is -2.48. The molecule has 1 atom stereocenters. The van der Waals surface area contributed by atoms with E-state index in [1.165, 1.54) is 4.31 Å². The minimum Gasteiger partial charge on any atom is -0.446 e. The first-order chi connectivity index (χ1) is 13.4. The summed E-state index contributed by atoms with van der Waals surface area (Å²) in [5.41, 5.74) is 5.04. The molecule has 1 aromatic rings. The third kappa shape index (κ3) is 5.02. The fourth-order valence-electron chi connectivity index (χ4n) is 3.92. The Hall–Kier alpha value is -2.13. The van der Waals surface area contributed by atoms with Gasteiger partial charge >= 0.3 is 6.09 Å². The number of nitrogens with one attached hydrogen (secondary N) is 1. The summed E-state index contributed by atoms with van der Waals surface area (Å²) >= 11 is 0. The number of ether oxygens (including phenoxy) is 1.